The molecule has 3 rings (SSSR count). The van der Waals surface area contributed by atoms with Crippen LogP contribution in [0.15, 0.2) is 41.2 Å². The van der Waals surface area contributed by atoms with Gasteiger partial charge in [-0.15, -0.1) is 0 Å². The summed E-state index contributed by atoms with van der Waals surface area (Å²) in [7, 11) is 0. The van der Waals surface area contributed by atoms with Crippen LogP contribution in [0.2, 0.25) is 0 Å². The Balaban J connectivity index is 2.17. The molecule has 0 bridgehead atoms. The van der Waals surface area contributed by atoms with E-state index >= 15 is 0 Å². The summed E-state index contributed by atoms with van der Waals surface area (Å²) < 4.78 is 15.0. The number of nitrogens with zero attached hydrogens (tertiary/aromatic N) is 1. The van der Waals surface area contributed by atoms with E-state index in [1.54, 1.807) is 18.2 Å². The van der Waals surface area contributed by atoms with Crippen molar-refractivity contribution < 1.29 is 4.39 Å². The average molecular weight is 286 g/mol. The summed E-state index contributed by atoms with van der Waals surface area (Å²) in [6, 6.07) is 10.2. The van der Waals surface area contributed by atoms with Crippen molar-refractivity contribution in [1.82, 2.24) is 4.57 Å². The third kappa shape index (κ3) is 2.63. The van der Waals surface area contributed by atoms with E-state index in [-0.39, 0.29) is 24.0 Å². The van der Waals surface area contributed by atoms with Crippen molar-refractivity contribution in [1.29, 1.82) is 0 Å². The van der Waals surface area contributed by atoms with E-state index in [0.717, 1.165) is 36.9 Å². The predicted molar refractivity (Wildman–Crippen MR) is 81.5 cm³/mol. The van der Waals surface area contributed by atoms with Gasteiger partial charge in [0.05, 0.1) is 5.69 Å². The average Bonchev–Trinajstić information content (AvgIpc) is 3.01. The standard InChI is InChI=1S/C17H19FN2O/c18-14-8-5-12(6-9-14)16-10-7-13(11-19)17(21)20(16)15-3-1-2-4-15/h5-10,15H,1-4,11,19H2. The van der Waals surface area contributed by atoms with Crippen LogP contribution >= 0.6 is 0 Å². The lowest BCUT2D eigenvalue weighted by molar-refractivity contribution is 0.504. The first-order valence-electron chi connectivity index (χ1n) is 7.41. The van der Waals surface area contributed by atoms with Gasteiger partial charge in [-0.1, -0.05) is 18.9 Å². The molecule has 4 heteroatoms. The Hall–Kier alpha value is -1.94. The first kappa shape index (κ1) is 14.0. The summed E-state index contributed by atoms with van der Waals surface area (Å²) in [5, 5.41) is 0. The number of hydrogen-bond donors (Lipinski definition) is 1. The van der Waals surface area contributed by atoms with E-state index in [1.807, 2.05) is 10.6 Å². The SMILES string of the molecule is NCc1ccc(-c2ccc(F)cc2)n(C2CCCC2)c1=O. The Kier molecular flexibility index (Phi) is 3.88. The molecule has 0 saturated heterocycles. The Bertz CT molecular complexity index is 685. The summed E-state index contributed by atoms with van der Waals surface area (Å²) >= 11 is 0. The second-order valence-corrected chi connectivity index (χ2v) is 5.57. The normalized spacial score (nSPS) is 15.5. The molecule has 1 heterocycles. The zero-order valence-corrected chi connectivity index (χ0v) is 11.9. The number of aromatic nitrogens is 1. The Morgan fingerprint density at radius 1 is 1.10 bits per heavy atom. The number of hydrogen-bond acceptors (Lipinski definition) is 2. The molecule has 2 N–H and O–H groups in total. The molecule has 0 atom stereocenters. The third-order valence-electron chi connectivity index (χ3n) is 4.25. The van der Waals surface area contributed by atoms with Crippen molar-refractivity contribution in [3.63, 3.8) is 0 Å². The summed E-state index contributed by atoms with van der Waals surface area (Å²) in [6.07, 6.45) is 4.32. The van der Waals surface area contributed by atoms with Crippen LogP contribution in [0.4, 0.5) is 4.39 Å². The Morgan fingerprint density at radius 3 is 2.38 bits per heavy atom. The van der Waals surface area contributed by atoms with Crippen molar-refractivity contribution in [3.05, 3.63) is 58.1 Å². The zero-order chi connectivity index (χ0) is 14.8. The topological polar surface area (TPSA) is 48.0 Å². The van der Waals surface area contributed by atoms with E-state index in [1.165, 1.54) is 12.1 Å². The molecule has 3 nitrogen and oxygen atoms in total. The lowest BCUT2D eigenvalue weighted by Crippen LogP contribution is -2.29. The van der Waals surface area contributed by atoms with Crippen molar-refractivity contribution in [2.75, 3.05) is 0 Å². The number of benzene rings is 1. The highest BCUT2D eigenvalue weighted by Gasteiger charge is 2.22. The summed E-state index contributed by atoms with van der Waals surface area (Å²) in [6.45, 7) is 0.245. The van der Waals surface area contributed by atoms with Gasteiger partial charge in [-0.05, 0) is 48.7 Å². The maximum absolute atomic E-state index is 13.1. The fraction of sp³-hybridized carbons (Fsp3) is 0.353. The fourth-order valence-corrected chi connectivity index (χ4v) is 3.13. The summed E-state index contributed by atoms with van der Waals surface area (Å²) in [4.78, 5) is 12.7. The molecule has 1 saturated carbocycles. The van der Waals surface area contributed by atoms with E-state index in [2.05, 4.69) is 0 Å². The monoisotopic (exact) mass is 286 g/mol. The lowest BCUT2D eigenvalue weighted by Gasteiger charge is -2.20. The van der Waals surface area contributed by atoms with E-state index in [9.17, 15) is 9.18 Å². The van der Waals surface area contributed by atoms with Crippen LogP contribution < -0.4 is 11.3 Å². The molecule has 0 unspecified atom stereocenters. The number of nitrogens with two attached hydrogens (primary N) is 1. The van der Waals surface area contributed by atoms with Gasteiger partial charge in [-0.2, -0.15) is 0 Å². The van der Waals surface area contributed by atoms with Crippen LogP contribution in [0, 0.1) is 5.82 Å². The Labute approximate surface area is 123 Å². The Morgan fingerprint density at radius 2 is 1.76 bits per heavy atom. The largest absolute Gasteiger partial charge is 0.326 e. The molecule has 1 aliphatic rings. The van der Waals surface area contributed by atoms with Crippen LogP contribution in [0.5, 0.6) is 0 Å². The maximum atomic E-state index is 13.1. The van der Waals surface area contributed by atoms with Gasteiger partial charge in [0, 0.05) is 18.2 Å². The molecule has 1 fully saturated rings. The zero-order valence-electron chi connectivity index (χ0n) is 11.9. The minimum Gasteiger partial charge on any atom is -0.326 e. The quantitative estimate of drug-likeness (QED) is 0.941. The molecule has 0 amide bonds. The van der Waals surface area contributed by atoms with Crippen LogP contribution in [0.1, 0.15) is 37.3 Å². The van der Waals surface area contributed by atoms with E-state index in [0.29, 0.717) is 5.56 Å². The molecule has 0 radical (unpaired) electrons. The van der Waals surface area contributed by atoms with Gasteiger partial charge in [0.2, 0.25) is 0 Å². The van der Waals surface area contributed by atoms with E-state index < -0.39 is 0 Å². The fourth-order valence-electron chi connectivity index (χ4n) is 3.13. The molecule has 1 aromatic carbocycles. The molecule has 110 valence electrons. The minimum absolute atomic E-state index is 0.00812. The van der Waals surface area contributed by atoms with Crippen LogP contribution in [0.25, 0.3) is 11.3 Å². The molecule has 0 spiro atoms. The highest BCUT2D eigenvalue weighted by Crippen LogP contribution is 2.32. The van der Waals surface area contributed by atoms with Crippen molar-refractivity contribution >= 4 is 0 Å². The number of rotatable bonds is 3. The molecule has 1 aromatic heterocycles. The second-order valence-electron chi connectivity index (χ2n) is 5.57. The highest BCUT2D eigenvalue weighted by atomic mass is 19.1. The molecule has 1 aliphatic carbocycles. The van der Waals surface area contributed by atoms with E-state index in [4.69, 9.17) is 5.73 Å². The molecular weight excluding hydrogens is 267 g/mol. The minimum atomic E-state index is -0.271. The van der Waals surface area contributed by atoms with Gasteiger partial charge in [-0.25, -0.2) is 4.39 Å². The third-order valence-corrected chi connectivity index (χ3v) is 4.25. The predicted octanol–water partition coefficient (Wildman–Crippen LogP) is 3.23. The smallest absolute Gasteiger partial charge is 0.255 e. The molecule has 2 aromatic rings. The summed E-state index contributed by atoms with van der Waals surface area (Å²) in [5.74, 6) is -0.271. The lowest BCUT2D eigenvalue weighted by atomic mass is 10.1. The van der Waals surface area contributed by atoms with Crippen molar-refractivity contribution in [2.45, 2.75) is 38.3 Å². The van der Waals surface area contributed by atoms with Crippen LogP contribution in [0.3, 0.4) is 0 Å². The van der Waals surface area contributed by atoms with Gasteiger partial charge in [0.1, 0.15) is 5.82 Å². The van der Waals surface area contributed by atoms with Crippen molar-refractivity contribution in [3.8, 4) is 11.3 Å². The summed E-state index contributed by atoms with van der Waals surface area (Å²) in [5.41, 5.74) is 8.00. The molecule has 0 aliphatic heterocycles. The first-order chi connectivity index (χ1) is 10.2. The second kappa shape index (κ2) is 5.82. The highest BCUT2D eigenvalue weighted by molar-refractivity contribution is 5.60. The number of halogens is 1. The maximum Gasteiger partial charge on any atom is 0.255 e. The molecule has 21 heavy (non-hydrogen) atoms. The van der Waals surface area contributed by atoms with Gasteiger partial charge in [-0.3, -0.25) is 4.79 Å². The van der Waals surface area contributed by atoms with Gasteiger partial charge >= 0.3 is 0 Å². The van der Waals surface area contributed by atoms with Gasteiger partial charge in [0.15, 0.2) is 0 Å². The first-order valence-corrected chi connectivity index (χ1v) is 7.41. The van der Waals surface area contributed by atoms with Crippen LogP contribution in [-0.2, 0) is 6.54 Å². The number of pyridine rings is 1. The van der Waals surface area contributed by atoms with Gasteiger partial charge < -0.3 is 10.3 Å². The van der Waals surface area contributed by atoms with Gasteiger partial charge in [0.25, 0.3) is 5.56 Å². The van der Waals surface area contributed by atoms with Crippen LogP contribution in [-0.4, -0.2) is 4.57 Å². The van der Waals surface area contributed by atoms with Crippen molar-refractivity contribution in [2.24, 2.45) is 5.73 Å². The molecular formula is C17H19FN2O.